The van der Waals surface area contributed by atoms with Crippen LogP contribution in [0.15, 0.2) is 52.2 Å². The third-order valence-electron chi connectivity index (χ3n) is 5.41. The van der Waals surface area contributed by atoms with Crippen molar-refractivity contribution in [3.8, 4) is 5.75 Å². The van der Waals surface area contributed by atoms with Crippen LogP contribution in [-0.2, 0) is 0 Å². The number of fused-ring (bicyclic) bond motifs is 4. The largest absolute Gasteiger partial charge is 0.507 e. The second-order valence-electron chi connectivity index (χ2n) is 7.21. The van der Waals surface area contributed by atoms with Crippen LogP contribution in [0.2, 0.25) is 0 Å². The van der Waals surface area contributed by atoms with Crippen molar-refractivity contribution in [2.45, 2.75) is 25.9 Å². The number of ketones is 2. The van der Waals surface area contributed by atoms with Crippen molar-refractivity contribution in [3.05, 3.63) is 86.8 Å². The number of aromatic hydroxyl groups is 1. The van der Waals surface area contributed by atoms with Gasteiger partial charge in [-0.25, -0.2) is 0 Å². The molecule has 2 unspecified atom stereocenters. The highest BCUT2D eigenvalue weighted by atomic mass is 16.3. The molecule has 0 saturated carbocycles. The molecule has 3 aromatic rings. The molecule has 1 heterocycles. The van der Waals surface area contributed by atoms with Gasteiger partial charge in [0.25, 0.3) is 0 Å². The second kappa shape index (κ2) is 6.53. The van der Waals surface area contributed by atoms with Crippen molar-refractivity contribution < 1.29 is 24.2 Å². The maximum Gasteiger partial charge on any atom is 0.202 e. The molecule has 2 N–H and O–H groups in total. The van der Waals surface area contributed by atoms with Crippen LogP contribution >= 0.6 is 0 Å². The van der Waals surface area contributed by atoms with Crippen LogP contribution < -0.4 is 5.43 Å². The van der Waals surface area contributed by atoms with Crippen molar-refractivity contribution in [1.82, 2.24) is 0 Å². The summed E-state index contributed by atoms with van der Waals surface area (Å²) in [5, 5.41) is 20.4. The van der Waals surface area contributed by atoms with Crippen LogP contribution in [0, 0.1) is 6.92 Å². The van der Waals surface area contributed by atoms with E-state index in [2.05, 4.69) is 6.58 Å². The second-order valence-corrected chi connectivity index (χ2v) is 7.21. The average molecular weight is 390 g/mol. The number of hydrogen-bond donors (Lipinski definition) is 2. The molecule has 0 spiro atoms. The molecule has 0 aliphatic heterocycles. The van der Waals surface area contributed by atoms with Gasteiger partial charge in [0.15, 0.2) is 11.2 Å². The summed E-state index contributed by atoms with van der Waals surface area (Å²) < 4.78 is 5.92. The average Bonchev–Trinajstić information content (AvgIpc) is 2.69. The minimum atomic E-state index is -0.960. The molecule has 1 aliphatic carbocycles. The minimum Gasteiger partial charge on any atom is -0.507 e. The highest BCUT2D eigenvalue weighted by Gasteiger charge is 2.35. The van der Waals surface area contributed by atoms with Gasteiger partial charge < -0.3 is 14.6 Å². The van der Waals surface area contributed by atoms with Gasteiger partial charge in [0.2, 0.25) is 5.78 Å². The molecule has 6 nitrogen and oxygen atoms in total. The number of aliphatic hydroxyl groups is 1. The van der Waals surface area contributed by atoms with Gasteiger partial charge in [-0.1, -0.05) is 25.1 Å². The molecule has 2 aromatic carbocycles. The summed E-state index contributed by atoms with van der Waals surface area (Å²) >= 11 is 0. The molecule has 2 atom stereocenters. The fourth-order valence-corrected chi connectivity index (χ4v) is 3.78. The van der Waals surface area contributed by atoms with Gasteiger partial charge in [0, 0.05) is 23.1 Å². The first-order valence-electron chi connectivity index (χ1n) is 9.09. The number of aliphatic hydroxyl groups excluding tert-OH is 1. The molecule has 0 fully saturated rings. The Balaban J connectivity index is 2.10. The summed E-state index contributed by atoms with van der Waals surface area (Å²) in [6.45, 7) is 6.86. The van der Waals surface area contributed by atoms with E-state index in [1.807, 2.05) is 0 Å². The maximum absolute atomic E-state index is 13.2. The summed E-state index contributed by atoms with van der Waals surface area (Å²) in [4.78, 5) is 39.1. The normalized spacial score (nSPS) is 15.0. The third kappa shape index (κ3) is 2.64. The molecule has 4 rings (SSSR count). The molecule has 0 amide bonds. The quantitative estimate of drug-likeness (QED) is 0.521. The number of hydrogen-bond acceptors (Lipinski definition) is 6. The number of phenolic OH excluding ortho intramolecular Hbond substituents is 1. The predicted octanol–water partition coefficient (Wildman–Crippen LogP) is 3.23. The van der Waals surface area contributed by atoms with Gasteiger partial charge in [-0.05, 0) is 24.6 Å². The molecule has 146 valence electrons. The van der Waals surface area contributed by atoms with E-state index < -0.39 is 23.6 Å². The van der Waals surface area contributed by atoms with Gasteiger partial charge >= 0.3 is 0 Å². The van der Waals surface area contributed by atoms with Crippen molar-refractivity contribution in [3.63, 3.8) is 0 Å². The van der Waals surface area contributed by atoms with Crippen molar-refractivity contribution in [2.75, 3.05) is 0 Å². The zero-order chi connectivity index (χ0) is 21.0. The molecular weight excluding hydrogens is 372 g/mol. The number of benzene rings is 2. The summed E-state index contributed by atoms with van der Waals surface area (Å²) in [6, 6.07) is 7.08. The topological polar surface area (TPSA) is 105 Å². The number of carbonyl (C=O) groups excluding carboxylic acids is 2. The Labute approximate surface area is 165 Å². The lowest BCUT2D eigenvalue weighted by molar-refractivity contribution is 0.0977. The number of carbonyl (C=O) groups is 2. The molecule has 0 bridgehead atoms. The van der Waals surface area contributed by atoms with E-state index in [9.17, 15) is 24.6 Å². The third-order valence-corrected chi connectivity index (χ3v) is 5.41. The first-order chi connectivity index (χ1) is 13.8. The molecule has 1 aliphatic rings. The molecule has 1 aromatic heterocycles. The van der Waals surface area contributed by atoms with Crippen LogP contribution in [0.1, 0.15) is 56.0 Å². The number of aryl methyl sites for hydroxylation is 1. The zero-order valence-corrected chi connectivity index (χ0v) is 15.9. The van der Waals surface area contributed by atoms with Gasteiger partial charge in [-0.3, -0.25) is 14.4 Å². The first-order valence-corrected chi connectivity index (χ1v) is 9.09. The lowest BCUT2D eigenvalue weighted by atomic mass is 9.81. The van der Waals surface area contributed by atoms with Crippen LogP contribution in [0.4, 0.5) is 0 Å². The maximum atomic E-state index is 13.2. The molecule has 29 heavy (non-hydrogen) atoms. The van der Waals surface area contributed by atoms with E-state index in [1.54, 1.807) is 13.8 Å². The smallest absolute Gasteiger partial charge is 0.202 e. The van der Waals surface area contributed by atoms with Gasteiger partial charge in [0.1, 0.15) is 17.1 Å². The van der Waals surface area contributed by atoms with E-state index in [4.69, 9.17) is 4.42 Å². The predicted molar refractivity (Wildman–Crippen MR) is 107 cm³/mol. The molecule has 0 radical (unpaired) electrons. The SMILES string of the molecule is C=CC(O)C(C)c1cc(=O)c2c(C)cc3c(c2o1)C(=O)c1c(O)cccc1C3=O. The fraction of sp³-hybridized carbons (Fsp3) is 0.174. The molecule has 0 saturated heterocycles. The van der Waals surface area contributed by atoms with E-state index in [-0.39, 0.29) is 50.2 Å². The van der Waals surface area contributed by atoms with E-state index in [0.717, 1.165) is 0 Å². The highest BCUT2D eigenvalue weighted by molar-refractivity contribution is 6.32. The standard InChI is InChI=1S/C23H18O6/c1-4-14(24)11(3)17-9-16(26)18-10(2)8-13-20(23(18)29-17)22(28)19-12(21(13)27)6-5-7-15(19)25/h4-9,11,14,24-25H,1H2,2-3H3. The van der Waals surface area contributed by atoms with Gasteiger partial charge in [0.05, 0.1) is 22.6 Å². The van der Waals surface area contributed by atoms with Crippen molar-refractivity contribution in [1.29, 1.82) is 0 Å². The minimum absolute atomic E-state index is 0.0159. The summed E-state index contributed by atoms with van der Waals surface area (Å²) in [5.41, 5.74) is 0.170. The first kappa shape index (κ1) is 18.8. The Morgan fingerprint density at radius 1 is 1.07 bits per heavy atom. The Morgan fingerprint density at radius 3 is 2.48 bits per heavy atom. The monoisotopic (exact) mass is 390 g/mol. The van der Waals surface area contributed by atoms with E-state index >= 15 is 0 Å². The number of rotatable bonds is 3. The van der Waals surface area contributed by atoms with Gasteiger partial charge in [-0.2, -0.15) is 0 Å². The summed E-state index contributed by atoms with van der Waals surface area (Å²) in [7, 11) is 0. The molecule has 6 heteroatoms. The van der Waals surface area contributed by atoms with Crippen molar-refractivity contribution in [2.24, 2.45) is 0 Å². The van der Waals surface area contributed by atoms with E-state index in [1.165, 1.54) is 36.4 Å². The molecular formula is C23H18O6. The Kier molecular flexibility index (Phi) is 4.24. The van der Waals surface area contributed by atoms with Crippen LogP contribution in [0.3, 0.4) is 0 Å². The van der Waals surface area contributed by atoms with Crippen molar-refractivity contribution >= 4 is 22.5 Å². The summed E-state index contributed by atoms with van der Waals surface area (Å²) in [6.07, 6.45) is 0.363. The van der Waals surface area contributed by atoms with Crippen LogP contribution in [-0.4, -0.2) is 27.9 Å². The Bertz CT molecular complexity index is 1280. The van der Waals surface area contributed by atoms with Gasteiger partial charge in [-0.15, -0.1) is 6.58 Å². The van der Waals surface area contributed by atoms with Crippen LogP contribution in [0.25, 0.3) is 11.0 Å². The van der Waals surface area contributed by atoms with Crippen LogP contribution in [0.5, 0.6) is 5.75 Å². The lowest BCUT2D eigenvalue weighted by Gasteiger charge is -2.21. The summed E-state index contributed by atoms with van der Waals surface area (Å²) in [5.74, 6) is -1.74. The Morgan fingerprint density at radius 2 is 1.79 bits per heavy atom. The highest BCUT2D eigenvalue weighted by Crippen LogP contribution is 2.37. The zero-order valence-electron chi connectivity index (χ0n) is 15.9. The Hall–Kier alpha value is -3.51. The lowest BCUT2D eigenvalue weighted by Crippen LogP contribution is -2.23. The van der Waals surface area contributed by atoms with E-state index in [0.29, 0.717) is 5.56 Å². The number of phenols is 1. The fourth-order valence-electron chi connectivity index (χ4n) is 3.78.